The number of benzene rings is 1. The molecule has 1 fully saturated rings. The van der Waals surface area contributed by atoms with Crippen molar-refractivity contribution in [1.82, 2.24) is 0 Å². The van der Waals surface area contributed by atoms with Crippen molar-refractivity contribution in [2.75, 3.05) is 32.8 Å². The third-order valence-electron chi connectivity index (χ3n) is 3.77. The predicted molar refractivity (Wildman–Crippen MR) is 77.8 cm³/mol. The number of aliphatic hydroxyl groups is 1. The quantitative estimate of drug-likeness (QED) is 0.878. The van der Waals surface area contributed by atoms with Crippen molar-refractivity contribution in [2.45, 2.75) is 12.5 Å². The summed E-state index contributed by atoms with van der Waals surface area (Å²) in [6.07, 6.45) is -0.474. The highest BCUT2D eigenvalue weighted by Crippen LogP contribution is 2.41. The molecule has 118 valence electrons. The van der Waals surface area contributed by atoms with Crippen LogP contribution in [-0.4, -0.2) is 46.4 Å². The Morgan fingerprint density at radius 3 is 2.14 bits per heavy atom. The van der Waals surface area contributed by atoms with Gasteiger partial charge < -0.3 is 19.3 Å². The molecule has 0 bridgehead atoms. The monoisotopic (exact) mass is 316 g/mol. The minimum atomic E-state index is -3.05. The number of sulfone groups is 1. The van der Waals surface area contributed by atoms with Crippen LogP contribution in [0.25, 0.3) is 0 Å². The van der Waals surface area contributed by atoms with E-state index in [0.29, 0.717) is 29.2 Å². The van der Waals surface area contributed by atoms with E-state index in [1.807, 2.05) is 0 Å². The average Bonchev–Trinajstić information content (AvgIpc) is 2.85. The number of ether oxygens (including phenoxy) is 3. The Balaban J connectivity index is 2.38. The van der Waals surface area contributed by atoms with Crippen molar-refractivity contribution in [3.63, 3.8) is 0 Å². The highest BCUT2D eigenvalue weighted by atomic mass is 32.2. The molecular weight excluding hydrogens is 296 g/mol. The summed E-state index contributed by atoms with van der Waals surface area (Å²) < 4.78 is 38.8. The Morgan fingerprint density at radius 2 is 1.67 bits per heavy atom. The smallest absolute Gasteiger partial charge is 0.164 e. The SMILES string of the molecule is COc1cc(OC)c(C(O)C2CCS(=O)(=O)C2)cc1OC. The Hall–Kier alpha value is -1.47. The van der Waals surface area contributed by atoms with Crippen LogP contribution in [0.3, 0.4) is 0 Å². The highest BCUT2D eigenvalue weighted by molar-refractivity contribution is 7.91. The normalized spacial score (nSPS) is 21.8. The molecule has 2 unspecified atom stereocenters. The van der Waals surface area contributed by atoms with E-state index >= 15 is 0 Å². The van der Waals surface area contributed by atoms with Gasteiger partial charge in [-0.25, -0.2) is 8.42 Å². The molecule has 2 atom stereocenters. The van der Waals surface area contributed by atoms with E-state index in [4.69, 9.17) is 14.2 Å². The molecule has 7 heteroatoms. The molecule has 0 amide bonds. The summed E-state index contributed by atoms with van der Waals surface area (Å²) in [5.74, 6) is 1.18. The summed E-state index contributed by atoms with van der Waals surface area (Å²) >= 11 is 0. The molecule has 1 aromatic rings. The fraction of sp³-hybridized carbons (Fsp3) is 0.571. The van der Waals surface area contributed by atoms with Gasteiger partial charge in [0.25, 0.3) is 0 Å². The summed E-state index contributed by atoms with van der Waals surface area (Å²) in [5.41, 5.74) is 0.511. The zero-order valence-electron chi connectivity index (χ0n) is 12.3. The van der Waals surface area contributed by atoms with Gasteiger partial charge >= 0.3 is 0 Å². The molecule has 6 nitrogen and oxygen atoms in total. The molecular formula is C14H20O6S. The summed E-state index contributed by atoms with van der Waals surface area (Å²) in [5, 5.41) is 10.5. The lowest BCUT2D eigenvalue weighted by molar-refractivity contribution is 0.117. The van der Waals surface area contributed by atoms with Gasteiger partial charge in [0, 0.05) is 17.5 Å². The van der Waals surface area contributed by atoms with Crippen LogP contribution >= 0.6 is 0 Å². The van der Waals surface area contributed by atoms with Crippen LogP contribution in [0.1, 0.15) is 18.1 Å². The number of hydrogen-bond donors (Lipinski definition) is 1. The standard InChI is InChI=1S/C14H20O6S/c1-18-11-7-13(20-3)12(19-2)6-10(11)14(15)9-4-5-21(16,17)8-9/h6-7,9,14-15H,4-5,8H2,1-3H3. The Morgan fingerprint density at radius 1 is 1.10 bits per heavy atom. The van der Waals surface area contributed by atoms with Crippen LogP contribution in [-0.2, 0) is 9.84 Å². The first kappa shape index (κ1) is 15.9. The van der Waals surface area contributed by atoms with Crippen LogP contribution < -0.4 is 14.2 Å². The maximum Gasteiger partial charge on any atom is 0.164 e. The van der Waals surface area contributed by atoms with E-state index in [0.717, 1.165) is 0 Å². The minimum Gasteiger partial charge on any atom is -0.496 e. The fourth-order valence-electron chi connectivity index (χ4n) is 2.61. The lowest BCUT2D eigenvalue weighted by atomic mass is 9.94. The maximum absolute atomic E-state index is 11.6. The van der Waals surface area contributed by atoms with Gasteiger partial charge in [-0.15, -0.1) is 0 Å². The van der Waals surface area contributed by atoms with Crippen LogP contribution in [0.15, 0.2) is 12.1 Å². The Labute approximate surface area is 124 Å². The van der Waals surface area contributed by atoms with Crippen LogP contribution in [0.2, 0.25) is 0 Å². The van der Waals surface area contributed by atoms with Crippen molar-refractivity contribution in [3.05, 3.63) is 17.7 Å². The van der Waals surface area contributed by atoms with Crippen molar-refractivity contribution in [2.24, 2.45) is 5.92 Å². The van der Waals surface area contributed by atoms with Crippen LogP contribution in [0, 0.1) is 5.92 Å². The largest absolute Gasteiger partial charge is 0.496 e. The third-order valence-corrected chi connectivity index (χ3v) is 5.56. The molecule has 0 spiro atoms. The minimum absolute atomic E-state index is 0.00827. The van der Waals surface area contributed by atoms with Gasteiger partial charge in [0.15, 0.2) is 21.3 Å². The van der Waals surface area contributed by atoms with Crippen molar-refractivity contribution in [3.8, 4) is 17.2 Å². The van der Waals surface area contributed by atoms with E-state index in [-0.39, 0.29) is 17.4 Å². The van der Waals surface area contributed by atoms with E-state index in [9.17, 15) is 13.5 Å². The van der Waals surface area contributed by atoms with Crippen molar-refractivity contribution < 1.29 is 27.7 Å². The molecule has 1 aliphatic rings. The predicted octanol–water partition coefficient (Wildman–Crippen LogP) is 1.18. The zero-order valence-corrected chi connectivity index (χ0v) is 13.1. The fourth-order valence-corrected chi connectivity index (χ4v) is 4.44. The van der Waals surface area contributed by atoms with E-state index in [1.165, 1.54) is 21.3 Å². The molecule has 0 aromatic heterocycles. The van der Waals surface area contributed by atoms with Gasteiger partial charge in [-0.1, -0.05) is 0 Å². The second-order valence-electron chi connectivity index (χ2n) is 5.06. The number of rotatable bonds is 5. The first-order valence-electron chi connectivity index (χ1n) is 6.60. The second kappa shape index (κ2) is 6.11. The molecule has 0 aliphatic carbocycles. The molecule has 2 rings (SSSR count). The van der Waals surface area contributed by atoms with Crippen molar-refractivity contribution in [1.29, 1.82) is 0 Å². The van der Waals surface area contributed by atoms with E-state index < -0.39 is 15.9 Å². The molecule has 21 heavy (non-hydrogen) atoms. The molecule has 1 aliphatic heterocycles. The lowest BCUT2D eigenvalue weighted by Gasteiger charge is -2.21. The van der Waals surface area contributed by atoms with Crippen LogP contribution in [0.5, 0.6) is 17.2 Å². The lowest BCUT2D eigenvalue weighted by Crippen LogP contribution is -2.15. The van der Waals surface area contributed by atoms with Gasteiger partial charge in [0.05, 0.1) is 38.9 Å². The summed E-state index contributed by atoms with van der Waals surface area (Å²) in [4.78, 5) is 0. The molecule has 1 heterocycles. The molecule has 1 N–H and O–H groups in total. The van der Waals surface area contributed by atoms with E-state index in [2.05, 4.69) is 0 Å². The second-order valence-corrected chi connectivity index (χ2v) is 7.29. The Bertz CT molecular complexity index is 610. The van der Waals surface area contributed by atoms with Crippen LogP contribution in [0.4, 0.5) is 0 Å². The van der Waals surface area contributed by atoms with Gasteiger partial charge in [-0.3, -0.25) is 0 Å². The number of aliphatic hydroxyl groups excluding tert-OH is 1. The zero-order chi connectivity index (χ0) is 15.6. The summed E-state index contributed by atoms with van der Waals surface area (Å²) in [7, 11) is 1.45. The Kier molecular flexibility index (Phi) is 4.63. The topological polar surface area (TPSA) is 82.1 Å². The molecule has 0 saturated carbocycles. The van der Waals surface area contributed by atoms with Gasteiger partial charge in [-0.2, -0.15) is 0 Å². The third kappa shape index (κ3) is 3.24. The first-order chi connectivity index (χ1) is 9.91. The molecule has 1 saturated heterocycles. The van der Waals surface area contributed by atoms with E-state index in [1.54, 1.807) is 12.1 Å². The van der Waals surface area contributed by atoms with Gasteiger partial charge in [0.2, 0.25) is 0 Å². The number of hydrogen-bond acceptors (Lipinski definition) is 6. The van der Waals surface area contributed by atoms with Gasteiger partial charge in [-0.05, 0) is 12.5 Å². The average molecular weight is 316 g/mol. The highest BCUT2D eigenvalue weighted by Gasteiger charge is 2.35. The summed E-state index contributed by atoms with van der Waals surface area (Å²) in [6.45, 7) is 0. The molecule has 1 aromatic carbocycles. The molecule has 0 radical (unpaired) electrons. The first-order valence-corrected chi connectivity index (χ1v) is 8.42. The van der Waals surface area contributed by atoms with Gasteiger partial charge in [0.1, 0.15) is 5.75 Å². The maximum atomic E-state index is 11.6. The summed E-state index contributed by atoms with van der Waals surface area (Å²) in [6, 6.07) is 3.26. The van der Waals surface area contributed by atoms with Crippen molar-refractivity contribution >= 4 is 9.84 Å². The number of methoxy groups -OCH3 is 3.